The Bertz CT molecular complexity index is 726. The van der Waals surface area contributed by atoms with E-state index in [-0.39, 0.29) is 0 Å². The molecule has 0 bridgehead atoms. The average Bonchev–Trinajstić information content (AvgIpc) is 2.53. The van der Waals surface area contributed by atoms with Gasteiger partial charge in [0.15, 0.2) is 0 Å². The lowest BCUT2D eigenvalue weighted by atomic mass is 10.1. The fourth-order valence-electron chi connectivity index (χ4n) is 2.30. The summed E-state index contributed by atoms with van der Waals surface area (Å²) >= 11 is 0. The zero-order valence-corrected chi connectivity index (χ0v) is 12.0. The number of rotatable bonds is 5. The van der Waals surface area contributed by atoms with E-state index in [0.29, 0.717) is 6.61 Å². The van der Waals surface area contributed by atoms with Crippen molar-refractivity contribution in [2.75, 3.05) is 18.5 Å². The molecule has 0 fully saturated rings. The van der Waals surface area contributed by atoms with E-state index in [4.69, 9.17) is 4.74 Å². The van der Waals surface area contributed by atoms with E-state index in [1.165, 1.54) is 10.9 Å². The van der Waals surface area contributed by atoms with Crippen LogP contribution in [0.2, 0.25) is 0 Å². The van der Waals surface area contributed by atoms with Gasteiger partial charge in [0.25, 0.3) is 0 Å². The number of benzene rings is 2. The number of ether oxygens (including phenoxy) is 1. The quantitative estimate of drug-likeness (QED) is 0.715. The molecule has 3 heteroatoms. The van der Waals surface area contributed by atoms with Crippen LogP contribution in [-0.4, -0.2) is 18.1 Å². The van der Waals surface area contributed by atoms with Crippen LogP contribution >= 0.6 is 0 Å². The summed E-state index contributed by atoms with van der Waals surface area (Å²) in [5, 5.41) is 4.51. The molecule has 1 N–H and O–H groups in total. The molecule has 0 unspecified atom stereocenters. The van der Waals surface area contributed by atoms with Crippen molar-refractivity contribution >= 4 is 16.7 Å². The van der Waals surface area contributed by atoms with E-state index in [9.17, 15) is 0 Å². The second-order valence-electron chi connectivity index (χ2n) is 4.93. The highest BCUT2D eigenvalue weighted by Gasteiger charge is 2.01. The van der Waals surface area contributed by atoms with Gasteiger partial charge in [-0.3, -0.25) is 0 Å². The van der Waals surface area contributed by atoms with Crippen LogP contribution in [0, 0.1) is 6.92 Å². The molecule has 2 aromatic carbocycles. The lowest BCUT2D eigenvalue weighted by Crippen LogP contribution is -2.12. The van der Waals surface area contributed by atoms with Crippen molar-refractivity contribution in [2.45, 2.75) is 6.92 Å². The molecule has 0 amide bonds. The minimum atomic E-state index is 0.609. The molecule has 0 aliphatic rings. The predicted molar refractivity (Wildman–Crippen MR) is 86.9 cm³/mol. The zero-order valence-electron chi connectivity index (χ0n) is 12.0. The Labute approximate surface area is 124 Å². The van der Waals surface area contributed by atoms with Gasteiger partial charge < -0.3 is 10.1 Å². The molecule has 0 atom stereocenters. The van der Waals surface area contributed by atoms with Crippen molar-refractivity contribution in [3.05, 3.63) is 66.2 Å². The molecule has 3 aromatic rings. The zero-order chi connectivity index (χ0) is 14.5. The topological polar surface area (TPSA) is 34.1 Å². The second-order valence-corrected chi connectivity index (χ2v) is 4.93. The van der Waals surface area contributed by atoms with Gasteiger partial charge in [0.2, 0.25) is 0 Å². The van der Waals surface area contributed by atoms with Crippen LogP contribution in [-0.2, 0) is 0 Å². The molecule has 106 valence electrons. The molecule has 1 aromatic heterocycles. The van der Waals surface area contributed by atoms with Gasteiger partial charge in [0.05, 0.1) is 12.1 Å². The van der Waals surface area contributed by atoms with Crippen LogP contribution in [0.1, 0.15) is 5.56 Å². The summed E-state index contributed by atoms with van der Waals surface area (Å²) in [6, 6.07) is 20.1. The fraction of sp³-hybridized carbons (Fsp3) is 0.167. The lowest BCUT2D eigenvalue weighted by molar-refractivity contribution is 0.333. The van der Waals surface area contributed by atoms with Crippen LogP contribution in [0.3, 0.4) is 0 Å². The van der Waals surface area contributed by atoms with Gasteiger partial charge in [-0.1, -0.05) is 36.4 Å². The third-order valence-electron chi connectivity index (χ3n) is 3.34. The van der Waals surface area contributed by atoms with Gasteiger partial charge in [0, 0.05) is 5.39 Å². The molecule has 3 nitrogen and oxygen atoms in total. The van der Waals surface area contributed by atoms with Crippen molar-refractivity contribution < 1.29 is 4.74 Å². The monoisotopic (exact) mass is 278 g/mol. The number of aryl methyl sites for hydroxylation is 1. The lowest BCUT2D eigenvalue weighted by Gasteiger charge is -2.10. The molecule has 1 heterocycles. The number of anilines is 1. The molecule has 21 heavy (non-hydrogen) atoms. The van der Waals surface area contributed by atoms with E-state index in [1.54, 1.807) is 0 Å². The summed E-state index contributed by atoms with van der Waals surface area (Å²) in [5.74, 6) is 1.78. The Morgan fingerprint density at radius 1 is 1.00 bits per heavy atom. The highest BCUT2D eigenvalue weighted by molar-refractivity contribution is 5.83. The van der Waals surface area contributed by atoms with Crippen molar-refractivity contribution in [2.24, 2.45) is 0 Å². The highest BCUT2D eigenvalue weighted by Crippen LogP contribution is 2.19. The third-order valence-corrected chi connectivity index (χ3v) is 3.34. The summed E-state index contributed by atoms with van der Waals surface area (Å²) in [7, 11) is 0. The molecule has 3 rings (SSSR count). The van der Waals surface area contributed by atoms with E-state index in [2.05, 4.69) is 29.4 Å². The maximum Gasteiger partial charge on any atom is 0.127 e. The third kappa shape index (κ3) is 3.31. The van der Waals surface area contributed by atoms with E-state index < -0.39 is 0 Å². The van der Waals surface area contributed by atoms with E-state index >= 15 is 0 Å². The van der Waals surface area contributed by atoms with Gasteiger partial charge in [0.1, 0.15) is 18.2 Å². The van der Waals surface area contributed by atoms with Crippen LogP contribution in [0.15, 0.2) is 60.7 Å². The molecule has 0 saturated heterocycles. The van der Waals surface area contributed by atoms with Crippen molar-refractivity contribution in [3.8, 4) is 5.75 Å². The summed E-state index contributed by atoms with van der Waals surface area (Å²) in [4.78, 5) is 4.61. The number of fused-ring (bicyclic) bond motifs is 1. The summed E-state index contributed by atoms with van der Waals surface area (Å²) in [5.41, 5.74) is 2.25. The Kier molecular flexibility index (Phi) is 4.01. The average molecular weight is 278 g/mol. The molecule has 0 aliphatic heterocycles. The van der Waals surface area contributed by atoms with Crippen molar-refractivity contribution in [1.82, 2.24) is 4.98 Å². The van der Waals surface area contributed by atoms with Gasteiger partial charge >= 0.3 is 0 Å². The number of aromatic nitrogens is 1. The molecule has 0 spiro atoms. The SMILES string of the molecule is Cc1cc(NCCOc2ccccc2)nc2ccccc12. The first-order valence-corrected chi connectivity index (χ1v) is 7.11. The predicted octanol–water partition coefficient (Wildman–Crippen LogP) is 4.03. The standard InChI is InChI=1S/C18H18N2O/c1-14-13-18(20-17-10-6-5-9-16(14)17)19-11-12-21-15-7-3-2-4-8-15/h2-10,13H,11-12H2,1H3,(H,19,20). The summed E-state index contributed by atoms with van der Waals surface area (Å²) in [6.07, 6.45) is 0. The molecule has 0 aliphatic carbocycles. The first-order valence-electron chi connectivity index (χ1n) is 7.11. The largest absolute Gasteiger partial charge is 0.492 e. The maximum atomic E-state index is 5.66. The summed E-state index contributed by atoms with van der Waals surface area (Å²) in [6.45, 7) is 3.44. The van der Waals surface area contributed by atoms with Gasteiger partial charge in [-0.15, -0.1) is 0 Å². The smallest absolute Gasteiger partial charge is 0.127 e. The number of hydrogen-bond acceptors (Lipinski definition) is 3. The molecular weight excluding hydrogens is 260 g/mol. The van der Waals surface area contributed by atoms with E-state index in [0.717, 1.165) is 23.6 Å². The van der Waals surface area contributed by atoms with Crippen LogP contribution in [0.25, 0.3) is 10.9 Å². The molecular formula is C18H18N2O. The van der Waals surface area contributed by atoms with Crippen molar-refractivity contribution in [3.63, 3.8) is 0 Å². The Hall–Kier alpha value is -2.55. The van der Waals surface area contributed by atoms with Crippen LogP contribution < -0.4 is 10.1 Å². The molecule has 0 saturated carbocycles. The Morgan fingerprint density at radius 3 is 2.62 bits per heavy atom. The Morgan fingerprint density at radius 2 is 1.76 bits per heavy atom. The van der Waals surface area contributed by atoms with Gasteiger partial charge in [-0.25, -0.2) is 4.98 Å². The van der Waals surface area contributed by atoms with E-state index in [1.807, 2.05) is 48.5 Å². The normalized spacial score (nSPS) is 10.5. The Balaban J connectivity index is 1.60. The maximum absolute atomic E-state index is 5.66. The van der Waals surface area contributed by atoms with Crippen molar-refractivity contribution in [1.29, 1.82) is 0 Å². The number of pyridine rings is 1. The van der Waals surface area contributed by atoms with Crippen LogP contribution in [0.4, 0.5) is 5.82 Å². The second kappa shape index (κ2) is 6.27. The van der Waals surface area contributed by atoms with Gasteiger partial charge in [-0.2, -0.15) is 0 Å². The highest BCUT2D eigenvalue weighted by atomic mass is 16.5. The molecule has 0 radical (unpaired) electrons. The number of nitrogens with zero attached hydrogens (tertiary/aromatic N) is 1. The minimum Gasteiger partial charge on any atom is -0.492 e. The number of para-hydroxylation sites is 2. The minimum absolute atomic E-state index is 0.609. The van der Waals surface area contributed by atoms with Crippen LogP contribution in [0.5, 0.6) is 5.75 Å². The van der Waals surface area contributed by atoms with Gasteiger partial charge in [-0.05, 0) is 36.8 Å². The fourth-order valence-corrected chi connectivity index (χ4v) is 2.30. The first-order chi connectivity index (χ1) is 10.3. The number of nitrogens with one attached hydrogen (secondary N) is 1. The first kappa shape index (κ1) is 13.4. The summed E-state index contributed by atoms with van der Waals surface area (Å²) < 4.78 is 5.66. The number of hydrogen-bond donors (Lipinski definition) is 1.